The SMILES string of the molecule is COC(=O)C(c1ccc(F)cc1)N1C[C@H](C)NC[C@H]1C. The summed E-state index contributed by atoms with van der Waals surface area (Å²) in [6.07, 6.45) is 0. The molecule has 4 nitrogen and oxygen atoms in total. The average molecular weight is 280 g/mol. The minimum absolute atomic E-state index is 0.209. The first-order valence-electron chi connectivity index (χ1n) is 6.85. The van der Waals surface area contributed by atoms with Gasteiger partial charge in [0, 0.05) is 25.2 Å². The Balaban J connectivity index is 2.31. The number of hydrogen-bond donors (Lipinski definition) is 1. The normalized spacial score (nSPS) is 25.2. The largest absolute Gasteiger partial charge is 0.468 e. The number of benzene rings is 1. The highest BCUT2D eigenvalue weighted by Gasteiger charge is 2.34. The predicted octanol–water partition coefficient (Wildman–Crippen LogP) is 1.72. The van der Waals surface area contributed by atoms with Crippen molar-refractivity contribution in [1.29, 1.82) is 0 Å². The molecule has 2 rings (SSSR count). The van der Waals surface area contributed by atoms with Gasteiger partial charge in [-0.05, 0) is 31.5 Å². The van der Waals surface area contributed by atoms with Crippen LogP contribution in [-0.2, 0) is 9.53 Å². The first-order valence-corrected chi connectivity index (χ1v) is 6.85. The average Bonchev–Trinajstić information content (AvgIpc) is 2.44. The number of rotatable bonds is 3. The van der Waals surface area contributed by atoms with Gasteiger partial charge in [0.05, 0.1) is 7.11 Å². The summed E-state index contributed by atoms with van der Waals surface area (Å²) in [6.45, 7) is 5.71. The molecule has 0 saturated carbocycles. The van der Waals surface area contributed by atoms with Crippen LogP contribution >= 0.6 is 0 Å². The summed E-state index contributed by atoms with van der Waals surface area (Å²) in [7, 11) is 1.38. The molecule has 0 spiro atoms. The van der Waals surface area contributed by atoms with Crippen LogP contribution in [0.2, 0.25) is 0 Å². The third-order valence-electron chi connectivity index (χ3n) is 3.75. The number of piperazine rings is 1. The molecule has 5 heteroatoms. The Kier molecular flexibility index (Phi) is 4.73. The van der Waals surface area contributed by atoms with Gasteiger partial charge in [0.1, 0.15) is 11.9 Å². The third-order valence-corrected chi connectivity index (χ3v) is 3.75. The number of nitrogens with zero attached hydrogens (tertiary/aromatic N) is 1. The molecule has 0 amide bonds. The Hall–Kier alpha value is -1.46. The van der Waals surface area contributed by atoms with E-state index in [0.717, 1.165) is 18.7 Å². The molecule has 0 bridgehead atoms. The summed E-state index contributed by atoms with van der Waals surface area (Å²) < 4.78 is 18.0. The molecule has 1 aliphatic rings. The molecule has 1 aromatic rings. The number of carbonyl (C=O) groups excluding carboxylic acids is 1. The fourth-order valence-electron chi connectivity index (χ4n) is 2.63. The van der Waals surface area contributed by atoms with Crippen LogP contribution in [0.4, 0.5) is 4.39 Å². The number of hydrogen-bond acceptors (Lipinski definition) is 4. The van der Waals surface area contributed by atoms with Crippen molar-refractivity contribution < 1.29 is 13.9 Å². The van der Waals surface area contributed by atoms with E-state index in [1.807, 2.05) is 0 Å². The lowest BCUT2D eigenvalue weighted by atomic mass is 10.0. The minimum atomic E-state index is -0.486. The zero-order valence-electron chi connectivity index (χ0n) is 12.1. The topological polar surface area (TPSA) is 41.6 Å². The summed E-state index contributed by atoms with van der Waals surface area (Å²) in [5.41, 5.74) is 0.763. The van der Waals surface area contributed by atoms with E-state index in [4.69, 9.17) is 4.74 Å². The number of halogens is 1. The van der Waals surface area contributed by atoms with Crippen LogP contribution in [0.15, 0.2) is 24.3 Å². The monoisotopic (exact) mass is 280 g/mol. The smallest absolute Gasteiger partial charge is 0.327 e. The van der Waals surface area contributed by atoms with Gasteiger partial charge in [-0.1, -0.05) is 12.1 Å². The molecule has 1 aromatic carbocycles. The molecule has 0 aliphatic carbocycles. The second-order valence-corrected chi connectivity index (χ2v) is 5.33. The van der Waals surface area contributed by atoms with Crippen molar-refractivity contribution >= 4 is 5.97 Å². The van der Waals surface area contributed by atoms with Gasteiger partial charge in [-0.25, -0.2) is 9.18 Å². The first kappa shape index (κ1) is 14.9. The van der Waals surface area contributed by atoms with E-state index in [9.17, 15) is 9.18 Å². The number of methoxy groups -OCH3 is 1. The number of nitrogens with one attached hydrogen (secondary N) is 1. The van der Waals surface area contributed by atoms with Crippen molar-refractivity contribution in [2.24, 2.45) is 0 Å². The van der Waals surface area contributed by atoms with E-state index in [2.05, 4.69) is 24.1 Å². The zero-order chi connectivity index (χ0) is 14.7. The summed E-state index contributed by atoms with van der Waals surface area (Å²) in [5.74, 6) is -0.614. The molecule has 1 heterocycles. The molecule has 0 radical (unpaired) electrons. The fraction of sp³-hybridized carbons (Fsp3) is 0.533. The summed E-state index contributed by atoms with van der Waals surface area (Å²) in [4.78, 5) is 14.3. The second kappa shape index (κ2) is 6.33. The van der Waals surface area contributed by atoms with Crippen molar-refractivity contribution in [2.45, 2.75) is 32.0 Å². The van der Waals surface area contributed by atoms with Gasteiger partial charge < -0.3 is 10.1 Å². The van der Waals surface area contributed by atoms with Crippen molar-refractivity contribution in [2.75, 3.05) is 20.2 Å². The molecule has 1 unspecified atom stereocenters. The Morgan fingerprint density at radius 3 is 2.65 bits per heavy atom. The van der Waals surface area contributed by atoms with E-state index < -0.39 is 6.04 Å². The van der Waals surface area contributed by atoms with Gasteiger partial charge in [0.2, 0.25) is 0 Å². The Morgan fingerprint density at radius 1 is 1.40 bits per heavy atom. The number of carbonyl (C=O) groups is 1. The molecule has 1 aliphatic heterocycles. The van der Waals surface area contributed by atoms with E-state index in [0.29, 0.717) is 6.04 Å². The standard InChI is InChI=1S/C15H21FN2O2/c1-10-9-18(11(2)8-17-10)14(15(19)20-3)12-4-6-13(16)7-5-12/h4-7,10-11,14,17H,8-9H2,1-3H3/t10-,11+,14?/m0/s1. The maximum Gasteiger partial charge on any atom is 0.327 e. The van der Waals surface area contributed by atoms with Gasteiger partial charge in [-0.3, -0.25) is 4.90 Å². The summed E-state index contributed by atoms with van der Waals surface area (Å²) in [6, 6.07) is 6.08. The fourth-order valence-corrected chi connectivity index (χ4v) is 2.63. The summed E-state index contributed by atoms with van der Waals surface area (Å²) >= 11 is 0. The summed E-state index contributed by atoms with van der Waals surface area (Å²) in [5, 5.41) is 3.38. The van der Waals surface area contributed by atoms with Crippen LogP contribution < -0.4 is 5.32 Å². The molecule has 1 saturated heterocycles. The molecular weight excluding hydrogens is 259 g/mol. The Bertz CT molecular complexity index is 463. The molecule has 1 N–H and O–H groups in total. The number of esters is 1. The van der Waals surface area contributed by atoms with E-state index in [-0.39, 0.29) is 17.8 Å². The number of ether oxygens (including phenoxy) is 1. The van der Waals surface area contributed by atoms with Crippen molar-refractivity contribution in [1.82, 2.24) is 10.2 Å². The molecule has 3 atom stereocenters. The quantitative estimate of drug-likeness (QED) is 0.856. The van der Waals surface area contributed by atoms with Gasteiger partial charge >= 0.3 is 5.97 Å². The van der Waals surface area contributed by atoms with Crippen LogP contribution in [0.25, 0.3) is 0 Å². The van der Waals surface area contributed by atoms with Crippen LogP contribution in [0, 0.1) is 5.82 Å². The second-order valence-electron chi connectivity index (χ2n) is 5.33. The van der Waals surface area contributed by atoms with Crippen LogP contribution in [-0.4, -0.2) is 43.2 Å². The lowest BCUT2D eigenvalue weighted by Crippen LogP contribution is -2.56. The minimum Gasteiger partial charge on any atom is -0.468 e. The van der Waals surface area contributed by atoms with Gasteiger partial charge in [-0.15, -0.1) is 0 Å². The molecule has 1 fully saturated rings. The zero-order valence-corrected chi connectivity index (χ0v) is 12.1. The van der Waals surface area contributed by atoms with Crippen molar-refractivity contribution in [3.05, 3.63) is 35.6 Å². The third kappa shape index (κ3) is 3.16. The van der Waals surface area contributed by atoms with E-state index >= 15 is 0 Å². The van der Waals surface area contributed by atoms with Crippen molar-refractivity contribution in [3.63, 3.8) is 0 Å². The maximum atomic E-state index is 13.1. The first-order chi connectivity index (χ1) is 9.52. The van der Waals surface area contributed by atoms with E-state index in [1.54, 1.807) is 12.1 Å². The Labute approximate surface area is 118 Å². The molecular formula is C15H21FN2O2. The van der Waals surface area contributed by atoms with E-state index in [1.165, 1.54) is 19.2 Å². The molecule has 110 valence electrons. The molecule has 20 heavy (non-hydrogen) atoms. The lowest BCUT2D eigenvalue weighted by Gasteiger charge is -2.41. The molecule has 0 aromatic heterocycles. The van der Waals surface area contributed by atoms with Crippen LogP contribution in [0.5, 0.6) is 0 Å². The Morgan fingerprint density at radius 2 is 2.05 bits per heavy atom. The van der Waals surface area contributed by atoms with Crippen molar-refractivity contribution in [3.8, 4) is 0 Å². The lowest BCUT2D eigenvalue weighted by molar-refractivity contribution is -0.149. The van der Waals surface area contributed by atoms with Gasteiger partial charge in [0.15, 0.2) is 0 Å². The predicted molar refractivity (Wildman–Crippen MR) is 74.8 cm³/mol. The highest BCUT2D eigenvalue weighted by Crippen LogP contribution is 2.26. The highest BCUT2D eigenvalue weighted by atomic mass is 19.1. The van der Waals surface area contributed by atoms with Crippen LogP contribution in [0.3, 0.4) is 0 Å². The van der Waals surface area contributed by atoms with Crippen LogP contribution in [0.1, 0.15) is 25.5 Å². The van der Waals surface area contributed by atoms with Gasteiger partial charge in [0.25, 0.3) is 0 Å². The maximum absolute atomic E-state index is 13.1. The van der Waals surface area contributed by atoms with Gasteiger partial charge in [-0.2, -0.15) is 0 Å². The highest BCUT2D eigenvalue weighted by molar-refractivity contribution is 5.77.